The van der Waals surface area contributed by atoms with E-state index in [4.69, 9.17) is 0 Å². The van der Waals surface area contributed by atoms with Crippen molar-refractivity contribution in [2.24, 2.45) is 23.4 Å². The summed E-state index contributed by atoms with van der Waals surface area (Å²) < 4.78 is 0. The van der Waals surface area contributed by atoms with Gasteiger partial charge in [-0.25, -0.2) is 10.9 Å². The maximum absolute atomic E-state index is 4.00. The molecule has 1 fully saturated rings. The number of tetrazole rings is 2. The highest BCUT2D eigenvalue weighted by Crippen LogP contribution is 2.07. The summed E-state index contributed by atoms with van der Waals surface area (Å²) in [5.74, 6) is 16.9. The number of nitrogens with one attached hydrogen (secondary N) is 5. The lowest BCUT2D eigenvalue weighted by atomic mass is 10.3. The number of nitrogens with zero attached hydrogens (tertiary/aromatic N) is 7. The van der Waals surface area contributed by atoms with Crippen LogP contribution in [0.15, 0.2) is 0 Å². The molecular weight excluding hydrogens is 272 g/mol. The molecule has 16 heteroatoms. The van der Waals surface area contributed by atoms with Crippen molar-refractivity contribution in [3.05, 3.63) is 5.82 Å². The van der Waals surface area contributed by atoms with Gasteiger partial charge in [0.1, 0.15) is 6.04 Å². The Bertz CT molecular complexity index is 369. The molecule has 0 radical (unpaired) electrons. The quantitative estimate of drug-likeness (QED) is 0.184. The van der Waals surface area contributed by atoms with E-state index in [1.54, 1.807) is 0 Å². The van der Waals surface area contributed by atoms with Gasteiger partial charge in [-0.1, -0.05) is 10.3 Å². The monoisotopic (exact) mass is 288 g/mol. The van der Waals surface area contributed by atoms with E-state index < -0.39 is 0 Å². The van der Waals surface area contributed by atoms with Gasteiger partial charge in [-0.05, 0) is 5.21 Å². The van der Waals surface area contributed by atoms with Gasteiger partial charge < -0.3 is 0 Å². The van der Waals surface area contributed by atoms with Crippen LogP contribution in [-0.2, 0) is 0 Å². The maximum Gasteiger partial charge on any atom is 0.295 e. The zero-order chi connectivity index (χ0) is 14.8. The van der Waals surface area contributed by atoms with E-state index in [-0.39, 0.29) is 6.04 Å². The highest BCUT2D eigenvalue weighted by atomic mass is 15.9. The number of hydrazine groups is 5. The third-order valence-corrected chi connectivity index (χ3v) is 2.01. The van der Waals surface area contributed by atoms with Crippen LogP contribution in [0.25, 0.3) is 0 Å². The molecule has 13 N–H and O–H groups in total. The summed E-state index contributed by atoms with van der Waals surface area (Å²) in [7, 11) is 0. The number of H-pyrrole nitrogens is 2. The van der Waals surface area contributed by atoms with Gasteiger partial charge in [-0.15, -0.1) is 15.3 Å². The number of nitrogens with two attached hydrogens (primary N) is 4. The van der Waals surface area contributed by atoms with Crippen molar-refractivity contribution in [3.8, 4) is 0 Å². The Hall–Kier alpha value is -2.34. The van der Waals surface area contributed by atoms with Crippen molar-refractivity contribution in [2.45, 2.75) is 6.04 Å². The van der Waals surface area contributed by atoms with Gasteiger partial charge in [0.05, 0.1) is 0 Å². The Balaban J connectivity index is 0.000000461. The highest BCUT2D eigenvalue weighted by Gasteiger charge is 2.24. The highest BCUT2D eigenvalue weighted by molar-refractivity contribution is 5.21. The van der Waals surface area contributed by atoms with E-state index in [2.05, 4.69) is 81.0 Å². The second-order valence-corrected chi connectivity index (χ2v) is 2.99. The lowest BCUT2D eigenvalue weighted by Gasteiger charge is -2.31. The van der Waals surface area contributed by atoms with E-state index in [1.807, 2.05) is 0 Å². The molecule has 0 aliphatic carbocycles. The smallest absolute Gasteiger partial charge is 0.274 e. The van der Waals surface area contributed by atoms with Gasteiger partial charge in [-0.2, -0.15) is 21.1 Å². The zero-order valence-corrected chi connectivity index (χ0v) is 10.2. The summed E-state index contributed by atoms with van der Waals surface area (Å²) >= 11 is 0. The van der Waals surface area contributed by atoms with Gasteiger partial charge in [0, 0.05) is 6.54 Å². The van der Waals surface area contributed by atoms with Crippen molar-refractivity contribution < 1.29 is 0 Å². The lowest BCUT2D eigenvalue weighted by molar-refractivity contribution is 0.299. The van der Waals surface area contributed by atoms with E-state index in [0.29, 0.717) is 18.3 Å². The fourth-order valence-corrected chi connectivity index (χ4v) is 1.26. The van der Waals surface area contributed by atoms with Gasteiger partial charge in [0.25, 0.3) is 5.95 Å². The number of anilines is 1. The van der Waals surface area contributed by atoms with E-state index in [9.17, 15) is 0 Å². The van der Waals surface area contributed by atoms with Crippen LogP contribution in [0.2, 0.25) is 0 Å². The molecule has 1 unspecified atom stereocenters. The first-order chi connectivity index (χ1) is 9.93. The van der Waals surface area contributed by atoms with Crippen LogP contribution in [0.1, 0.15) is 11.9 Å². The average Bonchev–Trinajstić information content (AvgIpc) is 3.25. The fraction of sp³-hybridized carbons (Fsp3) is 0.500. The van der Waals surface area contributed by atoms with Crippen molar-refractivity contribution >= 4 is 5.95 Å². The Morgan fingerprint density at radius 1 is 1.00 bits per heavy atom. The van der Waals surface area contributed by atoms with Crippen LogP contribution >= 0.6 is 0 Å². The van der Waals surface area contributed by atoms with Gasteiger partial charge >= 0.3 is 0 Å². The molecule has 3 rings (SSSR count). The Labute approximate surface area is 111 Å². The Kier molecular flexibility index (Phi) is 6.84. The van der Waals surface area contributed by atoms with Crippen LogP contribution in [0, 0.1) is 0 Å². The second-order valence-electron chi connectivity index (χ2n) is 2.99. The molecule has 20 heavy (non-hydrogen) atoms. The van der Waals surface area contributed by atoms with Crippen molar-refractivity contribution in [2.75, 3.05) is 11.7 Å². The summed E-state index contributed by atoms with van der Waals surface area (Å²) in [5.41, 5.74) is 8.80. The third-order valence-electron chi connectivity index (χ3n) is 2.01. The molecule has 1 aliphatic heterocycles. The first-order valence-corrected chi connectivity index (χ1v) is 5.12. The largest absolute Gasteiger partial charge is 0.295 e. The number of hydrogen-bond acceptors (Lipinski definition) is 14. The van der Waals surface area contributed by atoms with Crippen molar-refractivity contribution in [1.29, 1.82) is 0 Å². The van der Waals surface area contributed by atoms with E-state index in [0.717, 1.165) is 0 Å². The SMILES string of the molecule is C1NN(c2nn[nH]n2)NNC1c1nn[nH]n1.NN.NN. The van der Waals surface area contributed by atoms with Crippen LogP contribution < -0.4 is 44.9 Å². The number of hydrogen-bond donors (Lipinski definition) is 9. The fourth-order valence-electron chi connectivity index (χ4n) is 1.26. The standard InChI is InChI=1S/C4H8N12.2H4N2/c1-2(3-7-11-12-8-3)6-15-16(5-1)4-9-13-14-10-4;2*1-2/h2,5-6,15H,1H2,(H,7,8,11,12)(H,9,10,13,14);2*1-2H2. The molecule has 0 amide bonds. The normalized spacial score (nSPS) is 17.6. The van der Waals surface area contributed by atoms with E-state index in [1.165, 1.54) is 5.12 Å². The predicted octanol–water partition coefficient (Wildman–Crippen LogP) is -5.57. The molecule has 0 saturated carbocycles. The first kappa shape index (κ1) is 15.7. The summed E-state index contributed by atoms with van der Waals surface area (Å²) in [4.78, 5) is 0. The average molecular weight is 288 g/mol. The minimum atomic E-state index is -0.0955. The van der Waals surface area contributed by atoms with Crippen molar-refractivity contribution in [1.82, 2.24) is 57.6 Å². The summed E-state index contributed by atoms with van der Waals surface area (Å²) in [6.45, 7) is 0.557. The number of rotatable bonds is 2. The molecule has 0 bridgehead atoms. The first-order valence-electron chi connectivity index (χ1n) is 5.12. The maximum atomic E-state index is 4.00. The molecule has 112 valence electrons. The molecule has 2 aromatic rings. The molecule has 1 atom stereocenters. The summed E-state index contributed by atoms with van der Waals surface area (Å²) in [6, 6.07) is -0.0955. The molecule has 2 aromatic heterocycles. The van der Waals surface area contributed by atoms with E-state index >= 15 is 0 Å². The molecule has 16 nitrogen and oxygen atoms in total. The van der Waals surface area contributed by atoms with Crippen LogP contribution in [-0.4, -0.2) is 47.8 Å². The Morgan fingerprint density at radius 3 is 2.20 bits per heavy atom. The summed E-state index contributed by atoms with van der Waals surface area (Å²) in [6.07, 6.45) is 0. The van der Waals surface area contributed by atoms with Crippen LogP contribution in [0.5, 0.6) is 0 Å². The molecule has 3 heterocycles. The minimum absolute atomic E-state index is 0.0955. The van der Waals surface area contributed by atoms with Crippen molar-refractivity contribution in [3.63, 3.8) is 0 Å². The molecule has 1 saturated heterocycles. The number of aromatic nitrogens is 8. The lowest BCUT2D eigenvalue weighted by Crippen LogP contribution is -2.63. The van der Waals surface area contributed by atoms with Gasteiger partial charge in [0.15, 0.2) is 5.82 Å². The van der Waals surface area contributed by atoms with Crippen LogP contribution in [0.3, 0.4) is 0 Å². The van der Waals surface area contributed by atoms with Gasteiger partial charge in [-0.3, -0.25) is 23.4 Å². The predicted molar refractivity (Wildman–Crippen MR) is 64.6 cm³/mol. The zero-order valence-electron chi connectivity index (χ0n) is 10.2. The topological polar surface area (TPSA) is 252 Å². The third kappa shape index (κ3) is 3.83. The van der Waals surface area contributed by atoms with Crippen LogP contribution in [0.4, 0.5) is 5.95 Å². The second kappa shape index (κ2) is 8.71. The van der Waals surface area contributed by atoms with Gasteiger partial charge in [0.2, 0.25) is 0 Å². The molecular formula is C4H16N16. The Morgan fingerprint density at radius 2 is 1.70 bits per heavy atom. The molecule has 0 aromatic carbocycles. The minimum Gasteiger partial charge on any atom is -0.274 e. The summed E-state index contributed by atoms with van der Waals surface area (Å²) in [5, 5.41) is 28.5. The molecule has 0 spiro atoms. The number of aromatic amines is 2. The molecule has 1 aliphatic rings.